The maximum absolute atomic E-state index is 12.4. The Kier molecular flexibility index (Phi) is 4.34. The Labute approximate surface area is 159 Å². The van der Waals surface area contributed by atoms with Crippen LogP contribution in [-0.2, 0) is 0 Å². The molecular weight excluding hydrogens is 375 g/mol. The van der Waals surface area contributed by atoms with E-state index < -0.39 is 5.91 Å². The van der Waals surface area contributed by atoms with Gasteiger partial charge in [0.15, 0.2) is 5.76 Å². The van der Waals surface area contributed by atoms with Crippen LogP contribution in [0.15, 0.2) is 46.9 Å². The summed E-state index contributed by atoms with van der Waals surface area (Å²) in [6.45, 7) is 0. The molecule has 7 heteroatoms. The van der Waals surface area contributed by atoms with E-state index in [9.17, 15) is 9.59 Å². The Hall–Kier alpha value is -2.50. The molecule has 2 N–H and O–H groups in total. The monoisotopic (exact) mass is 388 g/mol. The molecule has 0 atom stereocenters. The number of amides is 2. The van der Waals surface area contributed by atoms with Crippen molar-refractivity contribution in [1.29, 1.82) is 0 Å². The first-order chi connectivity index (χ1) is 12.5. The average Bonchev–Trinajstić information content (AvgIpc) is 3.30. The van der Waals surface area contributed by atoms with E-state index >= 15 is 0 Å². The van der Waals surface area contributed by atoms with Gasteiger partial charge < -0.3 is 15.1 Å². The van der Waals surface area contributed by atoms with Crippen LogP contribution in [0.4, 0.5) is 5.69 Å². The van der Waals surface area contributed by atoms with Crippen molar-refractivity contribution in [3.63, 3.8) is 0 Å². The molecule has 5 nitrogen and oxygen atoms in total. The number of carbonyl (C=O) groups is 2. The number of benzene rings is 2. The summed E-state index contributed by atoms with van der Waals surface area (Å²) in [6.07, 6.45) is 2.00. The summed E-state index contributed by atoms with van der Waals surface area (Å²) in [5.74, 6) is -0.456. The Morgan fingerprint density at radius 2 is 1.81 bits per heavy atom. The highest BCUT2D eigenvalue weighted by Gasteiger charge is 2.24. The van der Waals surface area contributed by atoms with Crippen molar-refractivity contribution < 1.29 is 14.0 Å². The smallest absolute Gasteiger partial charge is 0.291 e. The molecule has 1 aromatic heterocycles. The van der Waals surface area contributed by atoms with Crippen molar-refractivity contribution >= 4 is 51.7 Å². The molecule has 0 radical (unpaired) electrons. The lowest BCUT2D eigenvalue weighted by Crippen LogP contribution is -2.25. The molecule has 132 valence electrons. The quantitative estimate of drug-likeness (QED) is 0.668. The Balaban J connectivity index is 1.51. The van der Waals surface area contributed by atoms with E-state index in [0.29, 0.717) is 21.9 Å². The number of rotatable bonds is 4. The lowest BCUT2D eigenvalue weighted by molar-refractivity contribution is 0.0950. The van der Waals surface area contributed by atoms with Crippen LogP contribution in [0.3, 0.4) is 0 Å². The molecule has 1 fully saturated rings. The number of anilines is 1. The largest absolute Gasteiger partial charge is 0.451 e. The molecule has 0 unspecified atom stereocenters. The molecule has 2 amide bonds. The van der Waals surface area contributed by atoms with E-state index in [4.69, 9.17) is 27.6 Å². The second-order valence-corrected chi connectivity index (χ2v) is 7.03. The number of furan rings is 1. The van der Waals surface area contributed by atoms with Crippen LogP contribution in [0.1, 0.15) is 33.8 Å². The predicted octanol–water partition coefficient (Wildman–Crippen LogP) is 4.88. The van der Waals surface area contributed by atoms with Gasteiger partial charge in [0.2, 0.25) is 0 Å². The zero-order chi connectivity index (χ0) is 18.3. The summed E-state index contributed by atoms with van der Waals surface area (Å²) < 4.78 is 5.53. The predicted molar refractivity (Wildman–Crippen MR) is 101 cm³/mol. The summed E-state index contributed by atoms with van der Waals surface area (Å²) in [5, 5.41) is 7.18. The third kappa shape index (κ3) is 3.54. The van der Waals surface area contributed by atoms with Gasteiger partial charge >= 0.3 is 0 Å². The number of hydrogen-bond acceptors (Lipinski definition) is 3. The van der Waals surface area contributed by atoms with Gasteiger partial charge in [-0.25, -0.2) is 0 Å². The molecule has 2 aromatic carbocycles. The Morgan fingerprint density at radius 1 is 1.00 bits per heavy atom. The van der Waals surface area contributed by atoms with Crippen LogP contribution < -0.4 is 10.6 Å². The van der Waals surface area contributed by atoms with Crippen LogP contribution in [0.25, 0.3) is 11.0 Å². The van der Waals surface area contributed by atoms with Crippen LogP contribution in [0, 0.1) is 0 Å². The van der Waals surface area contributed by atoms with Gasteiger partial charge in [0.1, 0.15) is 5.58 Å². The standard InChI is InChI=1S/C19H14Cl2N2O3/c20-11-1-6-16-10(7-11)8-17(26-16)19(25)23-13-4-5-14(15(21)9-13)18(24)22-12-2-3-12/h1,4-9,12H,2-3H2,(H,22,24)(H,23,25). The van der Waals surface area contributed by atoms with Crippen molar-refractivity contribution in [2.24, 2.45) is 0 Å². The molecule has 0 spiro atoms. The summed E-state index contributed by atoms with van der Waals surface area (Å²) in [6, 6.07) is 11.8. The molecule has 1 aliphatic carbocycles. The summed E-state index contributed by atoms with van der Waals surface area (Å²) >= 11 is 12.1. The molecule has 1 heterocycles. The molecule has 26 heavy (non-hydrogen) atoms. The van der Waals surface area contributed by atoms with E-state index in [2.05, 4.69) is 10.6 Å². The van der Waals surface area contributed by atoms with Gasteiger partial charge in [-0.1, -0.05) is 23.2 Å². The first-order valence-electron chi connectivity index (χ1n) is 8.10. The van der Waals surface area contributed by atoms with E-state index in [-0.39, 0.29) is 22.7 Å². The van der Waals surface area contributed by atoms with Gasteiger partial charge in [-0.15, -0.1) is 0 Å². The zero-order valence-electron chi connectivity index (χ0n) is 13.5. The van der Waals surface area contributed by atoms with Crippen LogP contribution in [0.5, 0.6) is 0 Å². The van der Waals surface area contributed by atoms with Gasteiger partial charge in [-0.05, 0) is 55.3 Å². The molecular formula is C19H14Cl2N2O3. The van der Waals surface area contributed by atoms with Crippen LogP contribution >= 0.6 is 23.2 Å². The van der Waals surface area contributed by atoms with Crippen molar-refractivity contribution in [2.75, 3.05) is 5.32 Å². The third-order valence-corrected chi connectivity index (χ3v) is 4.63. The lowest BCUT2D eigenvalue weighted by atomic mass is 10.2. The Bertz CT molecular complexity index is 1020. The fraction of sp³-hybridized carbons (Fsp3) is 0.158. The van der Waals surface area contributed by atoms with Gasteiger partial charge in [-0.3, -0.25) is 9.59 Å². The van der Waals surface area contributed by atoms with Crippen molar-refractivity contribution in [3.8, 4) is 0 Å². The maximum Gasteiger partial charge on any atom is 0.291 e. The van der Waals surface area contributed by atoms with Crippen LogP contribution in [-0.4, -0.2) is 17.9 Å². The number of nitrogens with one attached hydrogen (secondary N) is 2. The molecule has 3 aromatic rings. The number of halogens is 2. The molecule has 1 saturated carbocycles. The first kappa shape index (κ1) is 16.9. The minimum absolute atomic E-state index is 0.161. The number of carbonyl (C=O) groups excluding carboxylic acids is 2. The highest BCUT2D eigenvalue weighted by atomic mass is 35.5. The van der Waals surface area contributed by atoms with Crippen molar-refractivity contribution in [1.82, 2.24) is 5.32 Å². The summed E-state index contributed by atoms with van der Waals surface area (Å²) in [4.78, 5) is 24.5. The minimum atomic E-state index is -0.413. The summed E-state index contributed by atoms with van der Waals surface area (Å²) in [5.41, 5.74) is 1.43. The second-order valence-electron chi connectivity index (χ2n) is 6.19. The minimum Gasteiger partial charge on any atom is -0.451 e. The average molecular weight is 389 g/mol. The summed E-state index contributed by atoms with van der Waals surface area (Å²) in [7, 11) is 0. The van der Waals surface area contributed by atoms with Gasteiger partial charge in [0.25, 0.3) is 11.8 Å². The molecule has 0 aliphatic heterocycles. The molecule has 4 rings (SSSR count). The topological polar surface area (TPSA) is 71.3 Å². The SMILES string of the molecule is O=C(Nc1ccc(C(=O)NC2CC2)c(Cl)c1)c1cc2cc(Cl)ccc2o1. The molecule has 0 bridgehead atoms. The first-order valence-corrected chi connectivity index (χ1v) is 8.86. The van der Waals surface area contributed by atoms with Crippen molar-refractivity contribution in [3.05, 3.63) is 63.8 Å². The molecule has 0 saturated heterocycles. The van der Waals surface area contributed by atoms with Gasteiger partial charge in [-0.2, -0.15) is 0 Å². The normalized spacial score (nSPS) is 13.6. The van der Waals surface area contributed by atoms with Gasteiger partial charge in [0.05, 0.1) is 10.6 Å². The van der Waals surface area contributed by atoms with E-state index in [1.54, 1.807) is 42.5 Å². The number of hydrogen-bond donors (Lipinski definition) is 2. The van der Waals surface area contributed by atoms with Crippen molar-refractivity contribution in [2.45, 2.75) is 18.9 Å². The van der Waals surface area contributed by atoms with Gasteiger partial charge in [0, 0.05) is 22.1 Å². The number of fused-ring (bicyclic) bond motifs is 1. The molecule has 1 aliphatic rings. The van der Waals surface area contributed by atoms with Crippen LogP contribution in [0.2, 0.25) is 10.0 Å². The third-order valence-electron chi connectivity index (χ3n) is 4.09. The second kappa shape index (κ2) is 6.67. The highest BCUT2D eigenvalue weighted by Crippen LogP contribution is 2.26. The zero-order valence-corrected chi connectivity index (χ0v) is 15.0. The highest BCUT2D eigenvalue weighted by molar-refractivity contribution is 6.34. The van der Waals surface area contributed by atoms with E-state index in [0.717, 1.165) is 18.2 Å². The fourth-order valence-corrected chi connectivity index (χ4v) is 3.03. The van der Waals surface area contributed by atoms with E-state index in [1.165, 1.54) is 0 Å². The lowest BCUT2D eigenvalue weighted by Gasteiger charge is -2.08. The fourth-order valence-electron chi connectivity index (χ4n) is 2.59. The van der Waals surface area contributed by atoms with E-state index in [1.807, 2.05) is 0 Å². The maximum atomic E-state index is 12.4. The Morgan fingerprint density at radius 3 is 2.54 bits per heavy atom.